The zero-order valence-electron chi connectivity index (χ0n) is 10.9. The molecular weight excluding hydrogens is 312 g/mol. The van der Waals surface area contributed by atoms with Gasteiger partial charge in [-0.3, -0.25) is 4.79 Å². The van der Waals surface area contributed by atoms with Crippen LogP contribution in [0, 0.1) is 0 Å². The second-order valence-electron chi connectivity index (χ2n) is 3.93. The van der Waals surface area contributed by atoms with E-state index < -0.39 is 0 Å². The summed E-state index contributed by atoms with van der Waals surface area (Å²) >= 11 is 5.09. The first-order valence-corrected chi connectivity index (χ1v) is 7.72. The van der Waals surface area contributed by atoms with Crippen LogP contribution in [0.3, 0.4) is 0 Å². The first kappa shape index (κ1) is 15.5. The van der Waals surface area contributed by atoms with Crippen LogP contribution in [0.1, 0.15) is 25.5 Å². The predicted molar refractivity (Wildman–Crippen MR) is 81.0 cm³/mol. The highest BCUT2D eigenvalue weighted by Gasteiger charge is 2.08. The van der Waals surface area contributed by atoms with E-state index in [0.29, 0.717) is 11.8 Å². The second kappa shape index (κ2) is 7.81. The van der Waals surface area contributed by atoms with Gasteiger partial charge in [-0.05, 0) is 47.1 Å². The Bertz CT molecular complexity index is 412. The summed E-state index contributed by atoms with van der Waals surface area (Å²) in [6, 6.07) is 6.61. The van der Waals surface area contributed by atoms with Crippen LogP contribution in [-0.2, 0) is 4.79 Å². The molecule has 3 nitrogen and oxygen atoms in total. The summed E-state index contributed by atoms with van der Waals surface area (Å²) in [5.41, 5.74) is 1.24. The Morgan fingerprint density at radius 1 is 1.50 bits per heavy atom. The third kappa shape index (κ3) is 4.63. The predicted octanol–water partition coefficient (Wildman–Crippen LogP) is 2.96. The highest BCUT2D eigenvalue weighted by molar-refractivity contribution is 9.10. The first-order chi connectivity index (χ1) is 8.58. The number of carbonyl (C=O) groups excluding carboxylic acids is 1. The van der Waals surface area contributed by atoms with E-state index >= 15 is 0 Å². The van der Waals surface area contributed by atoms with Gasteiger partial charge in [0.2, 0.25) is 5.91 Å². The number of carbonyl (C=O) groups is 1. The molecule has 0 radical (unpaired) electrons. The zero-order valence-corrected chi connectivity index (χ0v) is 13.3. The Labute approximate surface area is 121 Å². The number of halogens is 1. The highest BCUT2D eigenvalue weighted by atomic mass is 79.9. The summed E-state index contributed by atoms with van der Waals surface area (Å²) in [6.07, 6.45) is 0. The highest BCUT2D eigenvalue weighted by Crippen LogP contribution is 2.30. The molecule has 0 heterocycles. The Kier molecular flexibility index (Phi) is 6.75. The van der Waals surface area contributed by atoms with Crippen LogP contribution in [0.15, 0.2) is 27.6 Å². The van der Waals surface area contributed by atoms with Gasteiger partial charge in [0.25, 0.3) is 0 Å². The summed E-state index contributed by atoms with van der Waals surface area (Å²) in [5.74, 6) is 0.481. The van der Waals surface area contributed by atoms with Gasteiger partial charge >= 0.3 is 0 Å². The second-order valence-corrected chi connectivity index (χ2v) is 5.80. The lowest BCUT2D eigenvalue weighted by atomic mass is 10.1. The van der Waals surface area contributed by atoms with E-state index in [1.54, 1.807) is 7.05 Å². The molecule has 0 bridgehead atoms. The van der Waals surface area contributed by atoms with Crippen LogP contribution in [0.25, 0.3) is 0 Å². The normalized spacial score (nSPS) is 12.2. The Hall–Kier alpha value is -0.520. The molecule has 0 saturated heterocycles. The monoisotopic (exact) mass is 330 g/mol. The van der Waals surface area contributed by atoms with Crippen molar-refractivity contribution in [3.63, 3.8) is 0 Å². The third-order valence-electron chi connectivity index (χ3n) is 2.60. The molecule has 0 saturated carbocycles. The Balaban J connectivity index is 2.70. The molecule has 1 aromatic rings. The fourth-order valence-corrected chi connectivity index (χ4v) is 3.07. The van der Waals surface area contributed by atoms with Crippen molar-refractivity contribution in [2.75, 3.05) is 19.3 Å². The fraction of sp³-hybridized carbons (Fsp3) is 0.462. The van der Waals surface area contributed by atoms with Crippen LogP contribution in [0.4, 0.5) is 0 Å². The molecule has 1 unspecified atom stereocenters. The smallest absolute Gasteiger partial charge is 0.230 e. The van der Waals surface area contributed by atoms with Gasteiger partial charge in [0.15, 0.2) is 0 Å². The summed E-state index contributed by atoms with van der Waals surface area (Å²) in [6.45, 7) is 5.19. The topological polar surface area (TPSA) is 41.1 Å². The summed E-state index contributed by atoms with van der Waals surface area (Å²) in [5, 5.41) is 5.99. The Morgan fingerprint density at radius 3 is 2.78 bits per heavy atom. The number of rotatable bonds is 6. The van der Waals surface area contributed by atoms with Crippen molar-refractivity contribution in [2.45, 2.75) is 24.8 Å². The molecule has 0 spiro atoms. The van der Waals surface area contributed by atoms with Crippen molar-refractivity contribution in [3.05, 3.63) is 28.2 Å². The van der Waals surface area contributed by atoms with E-state index in [1.165, 1.54) is 17.3 Å². The standard InChI is InChI=1S/C13H19BrN2OS/c1-4-16-9(2)10-5-6-12(11(14)7-10)18-8-13(17)15-3/h5-7,9,16H,4,8H2,1-3H3,(H,15,17). The van der Waals surface area contributed by atoms with E-state index in [0.717, 1.165) is 15.9 Å². The molecule has 1 atom stereocenters. The van der Waals surface area contributed by atoms with Gasteiger partial charge in [-0.25, -0.2) is 0 Å². The fourth-order valence-electron chi connectivity index (χ4n) is 1.54. The van der Waals surface area contributed by atoms with Crippen LogP contribution >= 0.6 is 27.7 Å². The SMILES string of the molecule is CCNC(C)c1ccc(SCC(=O)NC)c(Br)c1. The number of amides is 1. The van der Waals surface area contributed by atoms with Crippen molar-refractivity contribution < 1.29 is 4.79 Å². The van der Waals surface area contributed by atoms with Gasteiger partial charge in [0, 0.05) is 22.5 Å². The minimum atomic E-state index is 0.0389. The van der Waals surface area contributed by atoms with E-state index in [2.05, 4.69) is 58.6 Å². The van der Waals surface area contributed by atoms with Crippen molar-refractivity contribution >= 4 is 33.6 Å². The number of nitrogens with one attached hydrogen (secondary N) is 2. The lowest BCUT2D eigenvalue weighted by Crippen LogP contribution is -2.19. The number of hydrogen-bond donors (Lipinski definition) is 2. The molecule has 1 aromatic carbocycles. The van der Waals surface area contributed by atoms with Crippen LogP contribution < -0.4 is 10.6 Å². The van der Waals surface area contributed by atoms with Crippen molar-refractivity contribution in [3.8, 4) is 0 Å². The maximum atomic E-state index is 11.2. The first-order valence-electron chi connectivity index (χ1n) is 5.94. The van der Waals surface area contributed by atoms with Gasteiger partial charge in [-0.2, -0.15) is 0 Å². The molecule has 0 fully saturated rings. The molecule has 0 aromatic heterocycles. The number of thioether (sulfide) groups is 1. The largest absolute Gasteiger partial charge is 0.358 e. The van der Waals surface area contributed by atoms with Gasteiger partial charge < -0.3 is 10.6 Å². The van der Waals surface area contributed by atoms with E-state index in [-0.39, 0.29) is 5.91 Å². The molecular formula is C13H19BrN2OS. The minimum absolute atomic E-state index is 0.0389. The Morgan fingerprint density at radius 2 is 2.22 bits per heavy atom. The summed E-state index contributed by atoms with van der Waals surface area (Å²) in [4.78, 5) is 12.3. The number of benzene rings is 1. The van der Waals surface area contributed by atoms with E-state index in [4.69, 9.17) is 0 Å². The maximum absolute atomic E-state index is 11.2. The molecule has 0 aliphatic heterocycles. The average molecular weight is 331 g/mol. The lowest BCUT2D eigenvalue weighted by Gasteiger charge is -2.14. The van der Waals surface area contributed by atoms with Crippen LogP contribution in [-0.4, -0.2) is 25.3 Å². The third-order valence-corrected chi connectivity index (χ3v) is 4.60. The van der Waals surface area contributed by atoms with Gasteiger partial charge in [-0.1, -0.05) is 13.0 Å². The molecule has 2 N–H and O–H groups in total. The van der Waals surface area contributed by atoms with Gasteiger partial charge in [-0.15, -0.1) is 11.8 Å². The minimum Gasteiger partial charge on any atom is -0.358 e. The molecule has 100 valence electrons. The quantitative estimate of drug-likeness (QED) is 0.788. The molecule has 0 aliphatic rings. The summed E-state index contributed by atoms with van der Waals surface area (Å²) < 4.78 is 1.04. The van der Waals surface area contributed by atoms with Gasteiger partial charge in [0.05, 0.1) is 5.75 Å². The molecule has 1 rings (SSSR count). The van der Waals surface area contributed by atoms with Gasteiger partial charge in [0.1, 0.15) is 0 Å². The van der Waals surface area contributed by atoms with E-state index in [9.17, 15) is 4.79 Å². The summed E-state index contributed by atoms with van der Waals surface area (Å²) in [7, 11) is 1.65. The van der Waals surface area contributed by atoms with Crippen molar-refractivity contribution in [1.82, 2.24) is 10.6 Å². The van der Waals surface area contributed by atoms with Crippen LogP contribution in [0.2, 0.25) is 0 Å². The van der Waals surface area contributed by atoms with Crippen LogP contribution in [0.5, 0.6) is 0 Å². The molecule has 5 heteroatoms. The lowest BCUT2D eigenvalue weighted by molar-refractivity contribution is -0.118. The van der Waals surface area contributed by atoms with E-state index in [1.807, 2.05) is 0 Å². The molecule has 0 aliphatic carbocycles. The molecule has 1 amide bonds. The zero-order chi connectivity index (χ0) is 13.5. The van der Waals surface area contributed by atoms with Crippen molar-refractivity contribution in [1.29, 1.82) is 0 Å². The average Bonchev–Trinajstić information content (AvgIpc) is 2.37. The number of hydrogen-bond acceptors (Lipinski definition) is 3. The van der Waals surface area contributed by atoms with Crippen molar-refractivity contribution in [2.24, 2.45) is 0 Å². The molecule has 18 heavy (non-hydrogen) atoms. The maximum Gasteiger partial charge on any atom is 0.230 e.